The summed E-state index contributed by atoms with van der Waals surface area (Å²) in [6.45, 7) is 8.67. The molecular weight excluding hydrogens is 522 g/mol. The van der Waals surface area contributed by atoms with E-state index in [-0.39, 0.29) is 0 Å². The molecule has 1 N–H and O–H groups in total. The molecule has 0 aliphatic carbocycles. The first-order valence-electron chi connectivity index (χ1n) is 14.7. The highest BCUT2D eigenvalue weighted by Gasteiger charge is 2.23. The van der Waals surface area contributed by atoms with Gasteiger partial charge in [0, 0.05) is 50.2 Å². The van der Waals surface area contributed by atoms with Gasteiger partial charge in [0.15, 0.2) is 23.0 Å². The molecule has 1 aromatic heterocycles. The molecule has 0 spiro atoms. The topological polar surface area (TPSA) is 90.4 Å². The average molecular weight is 566 g/mol. The van der Waals surface area contributed by atoms with Crippen LogP contribution in [-0.2, 0) is 11.3 Å². The van der Waals surface area contributed by atoms with Crippen LogP contribution in [0, 0.1) is 0 Å². The Hall–Kier alpha value is -3.50. The van der Waals surface area contributed by atoms with E-state index in [1.165, 1.54) is 5.56 Å². The van der Waals surface area contributed by atoms with E-state index in [9.17, 15) is 0 Å². The fourth-order valence-corrected chi connectivity index (χ4v) is 5.46. The van der Waals surface area contributed by atoms with Crippen molar-refractivity contribution >= 4 is 22.7 Å². The molecule has 2 aliphatic rings. The van der Waals surface area contributed by atoms with Gasteiger partial charge in [0.05, 0.1) is 46.7 Å². The number of aromatic nitrogens is 2. The van der Waals surface area contributed by atoms with E-state index >= 15 is 0 Å². The molecule has 0 bridgehead atoms. The molecule has 2 aliphatic heterocycles. The number of morpholine rings is 1. The third-order valence-corrected chi connectivity index (χ3v) is 7.80. The van der Waals surface area contributed by atoms with Crippen LogP contribution < -0.4 is 29.2 Å². The number of methoxy groups -OCH3 is 3. The van der Waals surface area contributed by atoms with Crippen LogP contribution in [0.1, 0.15) is 38.2 Å². The number of fused-ring (bicyclic) bond motifs is 1. The Balaban J connectivity index is 1.26. The van der Waals surface area contributed by atoms with Gasteiger partial charge >= 0.3 is 0 Å². The third kappa shape index (κ3) is 7.05. The van der Waals surface area contributed by atoms with Gasteiger partial charge in [-0.15, -0.1) is 0 Å². The highest BCUT2D eigenvalue weighted by atomic mass is 16.5. The van der Waals surface area contributed by atoms with Crippen LogP contribution in [-0.4, -0.2) is 88.2 Å². The molecule has 10 heteroatoms. The summed E-state index contributed by atoms with van der Waals surface area (Å²) in [6.07, 6.45) is 4.16. The van der Waals surface area contributed by atoms with E-state index < -0.39 is 0 Å². The van der Waals surface area contributed by atoms with Crippen LogP contribution in [0.4, 0.5) is 11.8 Å². The second-order valence-electron chi connectivity index (χ2n) is 10.6. The summed E-state index contributed by atoms with van der Waals surface area (Å²) < 4.78 is 28.2. The molecule has 2 aromatic carbocycles. The van der Waals surface area contributed by atoms with E-state index in [0.29, 0.717) is 43.3 Å². The van der Waals surface area contributed by atoms with Gasteiger partial charge in [-0.2, -0.15) is 4.98 Å². The number of ether oxygens (including phenoxy) is 5. The molecule has 0 radical (unpaired) electrons. The second-order valence-corrected chi connectivity index (χ2v) is 10.6. The summed E-state index contributed by atoms with van der Waals surface area (Å²) in [7, 11) is 4.99. The van der Waals surface area contributed by atoms with Gasteiger partial charge in [0.1, 0.15) is 5.82 Å². The Kier molecular flexibility index (Phi) is 9.84. The van der Waals surface area contributed by atoms with Crippen molar-refractivity contribution in [2.75, 3.05) is 77.5 Å². The van der Waals surface area contributed by atoms with Gasteiger partial charge in [-0.25, -0.2) is 4.98 Å². The Labute approximate surface area is 242 Å². The molecule has 5 rings (SSSR count). The van der Waals surface area contributed by atoms with Crippen molar-refractivity contribution in [2.45, 2.75) is 45.2 Å². The number of likely N-dealkylation sites (tertiary alicyclic amines) is 1. The first-order chi connectivity index (χ1) is 20.1. The van der Waals surface area contributed by atoms with E-state index in [1.807, 2.05) is 18.2 Å². The van der Waals surface area contributed by atoms with Crippen LogP contribution in [0.15, 0.2) is 30.3 Å². The average Bonchev–Trinajstić information content (AvgIpc) is 3.01. The maximum Gasteiger partial charge on any atom is 0.225 e. The van der Waals surface area contributed by atoms with Gasteiger partial charge in [-0.3, -0.25) is 4.90 Å². The molecule has 10 nitrogen and oxygen atoms in total. The predicted molar refractivity (Wildman–Crippen MR) is 161 cm³/mol. The quantitative estimate of drug-likeness (QED) is 0.310. The summed E-state index contributed by atoms with van der Waals surface area (Å²) in [6, 6.07) is 10.5. The monoisotopic (exact) mass is 565 g/mol. The van der Waals surface area contributed by atoms with Gasteiger partial charge in [0.2, 0.25) is 5.95 Å². The van der Waals surface area contributed by atoms with Gasteiger partial charge in [-0.05, 0) is 43.0 Å². The van der Waals surface area contributed by atoms with Crippen molar-refractivity contribution in [3.8, 4) is 23.0 Å². The Bertz CT molecular complexity index is 1290. The van der Waals surface area contributed by atoms with Crippen LogP contribution in [0.2, 0.25) is 0 Å². The molecule has 2 fully saturated rings. The van der Waals surface area contributed by atoms with Gasteiger partial charge in [0.25, 0.3) is 0 Å². The maximum absolute atomic E-state index is 6.00. The zero-order chi connectivity index (χ0) is 28.6. The van der Waals surface area contributed by atoms with Crippen molar-refractivity contribution in [3.63, 3.8) is 0 Å². The van der Waals surface area contributed by atoms with Crippen LogP contribution in [0.25, 0.3) is 10.9 Å². The zero-order valence-electron chi connectivity index (χ0n) is 24.8. The number of hydrogen-bond acceptors (Lipinski definition) is 10. The number of nitrogens with zero attached hydrogens (tertiary/aromatic N) is 4. The number of nitrogens with one attached hydrogen (secondary N) is 1. The fourth-order valence-electron chi connectivity index (χ4n) is 5.46. The molecule has 222 valence electrons. The SMILES string of the molecule is CCCCOc1cc(CN2CCC(Nc3nc(N4CCOCC4)c4cc(OC)c(OC)cc4n3)CC2)ccc1OC. The lowest BCUT2D eigenvalue weighted by atomic mass is 10.0. The minimum Gasteiger partial charge on any atom is -0.493 e. The first kappa shape index (κ1) is 29.0. The second kappa shape index (κ2) is 13.9. The van der Waals surface area contributed by atoms with Crippen molar-refractivity contribution in [2.24, 2.45) is 0 Å². The minimum atomic E-state index is 0.296. The van der Waals surface area contributed by atoms with Gasteiger partial charge < -0.3 is 33.9 Å². The fraction of sp³-hybridized carbons (Fsp3) is 0.548. The normalized spacial score (nSPS) is 16.5. The van der Waals surface area contributed by atoms with E-state index in [1.54, 1.807) is 21.3 Å². The molecule has 0 unspecified atom stereocenters. The van der Waals surface area contributed by atoms with Crippen molar-refractivity contribution in [1.82, 2.24) is 14.9 Å². The molecule has 0 saturated carbocycles. The van der Waals surface area contributed by atoms with Crippen molar-refractivity contribution < 1.29 is 23.7 Å². The summed E-state index contributed by atoms with van der Waals surface area (Å²) >= 11 is 0. The Morgan fingerprint density at radius 1 is 0.878 bits per heavy atom. The molecule has 0 amide bonds. The number of rotatable bonds is 12. The lowest BCUT2D eigenvalue weighted by Crippen LogP contribution is -2.39. The molecule has 41 heavy (non-hydrogen) atoms. The number of benzene rings is 2. The smallest absolute Gasteiger partial charge is 0.225 e. The van der Waals surface area contributed by atoms with Crippen LogP contribution in [0.3, 0.4) is 0 Å². The minimum absolute atomic E-state index is 0.296. The summed E-state index contributed by atoms with van der Waals surface area (Å²) in [5.74, 6) is 4.49. The highest BCUT2D eigenvalue weighted by Crippen LogP contribution is 2.36. The Morgan fingerprint density at radius 2 is 1.61 bits per heavy atom. The highest BCUT2D eigenvalue weighted by molar-refractivity contribution is 5.93. The molecule has 2 saturated heterocycles. The molecule has 0 atom stereocenters. The van der Waals surface area contributed by atoms with E-state index in [0.717, 1.165) is 86.6 Å². The number of hydrogen-bond donors (Lipinski definition) is 1. The van der Waals surface area contributed by atoms with Crippen molar-refractivity contribution in [3.05, 3.63) is 35.9 Å². The lowest BCUT2D eigenvalue weighted by molar-refractivity contribution is 0.122. The Morgan fingerprint density at radius 3 is 2.32 bits per heavy atom. The van der Waals surface area contributed by atoms with E-state index in [4.69, 9.17) is 33.7 Å². The third-order valence-electron chi connectivity index (χ3n) is 7.80. The first-order valence-corrected chi connectivity index (χ1v) is 14.7. The maximum atomic E-state index is 6.00. The lowest BCUT2D eigenvalue weighted by Gasteiger charge is -2.33. The predicted octanol–water partition coefficient (Wildman–Crippen LogP) is 4.75. The summed E-state index contributed by atoms with van der Waals surface area (Å²) in [5, 5.41) is 4.59. The molecular formula is C31H43N5O5. The zero-order valence-corrected chi connectivity index (χ0v) is 24.8. The molecule has 3 aromatic rings. The van der Waals surface area contributed by atoms with Gasteiger partial charge in [-0.1, -0.05) is 19.4 Å². The standard InChI is InChI=1S/C31H43N5O5/c1-5-6-15-41-29-18-22(7-8-26(29)37-2)21-35-11-9-23(10-12-35)32-31-33-25-20-28(39-4)27(38-3)19-24(25)30(34-31)36-13-16-40-17-14-36/h7-8,18-20,23H,5-6,9-17,21H2,1-4H3,(H,32,33,34). The number of unbranched alkanes of at least 4 members (excludes halogenated alkanes) is 1. The summed E-state index contributed by atoms with van der Waals surface area (Å²) in [5.41, 5.74) is 2.07. The van der Waals surface area contributed by atoms with Crippen LogP contribution in [0.5, 0.6) is 23.0 Å². The van der Waals surface area contributed by atoms with Crippen molar-refractivity contribution in [1.29, 1.82) is 0 Å². The number of piperidine rings is 1. The summed E-state index contributed by atoms with van der Waals surface area (Å²) in [4.78, 5) is 14.7. The number of anilines is 2. The van der Waals surface area contributed by atoms with E-state index in [2.05, 4.69) is 34.2 Å². The largest absolute Gasteiger partial charge is 0.493 e. The van der Waals surface area contributed by atoms with Crippen LogP contribution >= 0.6 is 0 Å². The molecule has 3 heterocycles.